The Morgan fingerprint density at radius 1 is 1.11 bits per heavy atom. The molecule has 0 heterocycles. The molecule has 1 aromatic rings. The highest BCUT2D eigenvalue weighted by Crippen LogP contribution is 2.38. The summed E-state index contributed by atoms with van der Waals surface area (Å²) in [5.41, 5.74) is 1.45. The number of hydrogen-bond donors (Lipinski definition) is 1. The van der Waals surface area contributed by atoms with E-state index in [4.69, 9.17) is 0 Å². The molecule has 1 N–H and O–H groups in total. The highest BCUT2D eigenvalue weighted by atomic mass is 79.9. The summed E-state index contributed by atoms with van der Waals surface area (Å²) < 4.78 is 1.17. The fraction of sp³-hybridized carbons (Fsp3) is 0.647. The van der Waals surface area contributed by atoms with Gasteiger partial charge in [0.25, 0.3) is 0 Å². The Hall–Kier alpha value is -0.340. The summed E-state index contributed by atoms with van der Waals surface area (Å²) in [6.45, 7) is 5.60. The predicted molar refractivity (Wildman–Crippen MR) is 86.3 cm³/mol. The van der Waals surface area contributed by atoms with E-state index < -0.39 is 0 Å². The van der Waals surface area contributed by atoms with Crippen LogP contribution in [0.4, 0.5) is 0 Å². The topological polar surface area (TPSA) is 12.0 Å². The minimum atomic E-state index is 0.538. The zero-order chi connectivity index (χ0) is 13.7. The van der Waals surface area contributed by atoms with Gasteiger partial charge in [0.2, 0.25) is 0 Å². The standard InChI is InChI=1S/C17H26BrN/c1-3-13-5-7-14(8-6-13)17(19-4-2)15-9-11-16(18)12-10-15/h9-14,17,19H,3-8H2,1-2H3. The van der Waals surface area contributed by atoms with Gasteiger partial charge in [-0.15, -0.1) is 0 Å². The van der Waals surface area contributed by atoms with Gasteiger partial charge in [0.1, 0.15) is 0 Å². The lowest BCUT2D eigenvalue weighted by Gasteiger charge is -2.34. The third kappa shape index (κ3) is 4.06. The molecule has 0 spiro atoms. The van der Waals surface area contributed by atoms with E-state index in [9.17, 15) is 0 Å². The molecule has 19 heavy (non-hydrogen) atoms. The Morgan fingerprint density at radius 2 is 1.74 bits per heavy atom. The molecular weight excluding hydrogens is 298 g/mol. The molecule has 2 heteroatoms. The van der Waals surface area contributed by atoms with Crippen LogP contribution in [0.1, 0.15) is 57.6 Å². The van der Waals surface area contributed by atoms with Gasteiger partial charge in [0, 0.05) is 10.5 Å². The van der Waals surface area contributed by atoms with E-state index in [2.05, 4.69) is 59.4 Å². The minimum Gasteiger partial charge on any atom is -0.310 e. The van der Waals surface area contributed by atoms with Crippen molar-refractivity contribution in [3.63, 3.8) is 0 Å². The summed E-state index contributed by atoms with van der Waals surface area (Å²) >= 11 is 3.53. The fourth-order valence-electron chi connectivity index (χ4n) is 3.38. The molecule has 1 aliphatic rings. The first-order valence-electron chi connectivity index (χ1n) is 7.73. The molecule has 0 bridgehead atoms. The van der Waals surface area contributed by atoms with Crippen LogP contribution in [0, 0.1) is 11.8 Å². The largest absolute Gasteiger partial charge is 0.310 e. The normalized spacial score (nSPS) is 25.2. The van der Waals surface area contributed by atoms with Crippen molar-refractivity contribution in [2.24, 2.45) is 11.8 Å². The first-order chi connectivity index (χ1) is 9.24. The molecule has 0 aromatic heterocycles. The van der Waals surface area contributed by atoms with Crippen molar-refractivity contribution < 1.29 is 0 Å². The molecule has 1 aliphatic carbocycles. The Kier molecular flexibility index (Phi) is 5.90. The second-order valence-corrected chi connectivity index (χ2v) is 6.69. The molecule has 106 valence electrons. The summed E-state index contributed by atoms with van der Waals surface area (Å²) in [6, 6.07) is 9.40. The number of benzene rings is 1. The highest BCUT2D eigenvalue weighted by molar-refractivity contribution is 9.10. The zero-order valence-electron chi connectivity index (χ0n) is 12.2. The van der Waals surface area contributed by atoms with Gasteiger partial charge in [0.05, 0.1) is 0 Å². The Morgan fingerprint density at radius 3 is 2.26 bits per heavy atom. The van der Waals surface area contributed by atoms with Crippen molar-refractivity contribution in [2.75, 3.05) is 6.54 Å². The first-order valence-corrected chi connectivity index (χ1v) is 8.52. The summed E-state index contributed by atoms with van der Waals surface area (Å²) in [5.74, 6) is 1.78. The van der Waals surface area contributed by atoms with Gasteiger partial charge in [-0.1, -0.05) is 61.2 Å². The number of halogens is 1. The van der Waals surface area contributed by atoms with Crippen LogP contribution in [0.25, 0.3) is 0 Å². The van der Waals surface area contributed by atoms with Gasteiger partial charge in [-0.05, 0) is 48.9 Å². The smallest absolute Gasteiger partial charge is 0.0348 e. The van der Waals surface area contributed by atoms with Gasteiger partial charge in [0.15, 0.2) is 0 Å². The van der Waals surface area contributed by atoms with Gasteiger partial charge in [-0.25, -0.2) is 0 Å². The van der Waals surface area contributed by atoms with E-state index in [1.54, 1.807) is 0 Å². The van der Waals surface area contributed by atoms with Gasteiger partial charge in [-0.2, -0.15) is 0 Å². The van der Waals surface area contributed by atoms with E-state index >= 15 is 0 Å². The van der Waals surface area contributed by atoms with Crippen LogP contribution < -0.4 is 5.32 Å². The molecule has 1 fully saturated rings. The van der Waals surface area contributed by atoms with Gasteiger partial charge >= 0.3 is 0 Å². The predicted octanol–water partition coefficient (Wildman–Crippen LogP) is 5.32. The molecular formula is C17H26BrN. The Labute approximate surface area is 126 Å². The average molecular weight is 324 g/mol. The molecule has 1 aromatic carbocycles. The van der Waals surface area contributed by atoms with Gasteiger partial charge in [-0.3, -0.25) is 0 Å². The maximum absolute atomic E-state index is 3.71. The summed E-state index contributed by atoms with van der Waals surface area (Å²) in [6.07, 6.45) is 6.95. The molecule has 2 rings (SSSR count). The fourth-order valence-corrected chi connectivity index (χ4v) is 3.64. The lowest BCUT2D eigenvalue weighted by molar-refractivity contribution is 0.220. The average Bonchev–Trinajstić information content (AvgIpc) is 2.46. The van der Waals surface area contributed by atoms with Crippen LogP contribution in [-0.2, 0) is 0 Å². The lowest BCUT2D eigenvalue weighted by atomic mass is 9.76. The number of nitrogens with one attached hydrogen (secondary N) is 1. The van der Waals surface area contributed by atoms with E-state index in [0.29, 0.717) is 6.04 Å². The monoisotopic (exact) mass is 323 g/mol. The highest BCUT2D eigenvalue weighted by Gasteiger charge is 2.27. The molecule has 1 atom stereocenters. The minimum absolute atomic E-state index is 0.538. The van der Waals surface area contributed by atoms with Crippen molar-refractivity contribution in [3.05, 3.63) is 34.3 Å². The van der Waals surface area contributed by atoms with Crippen molar-refractivity contribution >= 4 is 15.9 Å². The molecule has 0 saturated heterocycles. The van der Waals surface area contributed by atoms with Crippen molar-refractivity contribution in [1.29, 1.82) is 0 Å². The van der Waals surface area contributed by atoms with E-state index in [1.807, 2.05) is 0 Å². The lowest BCUT2D eigenvalue weighted by Crippen LogP contribution is -2.31. The van der Waals surface area contributed by atoms with E-state index in [0.717, 1.165) is 18.4 Å². The molecule has 1 nitrogen and oxygen atoms in total. The van der Waals surface area contributed by atoms with Crippen LogP contribution in [0.3, 0.4) is 0 Å². The summed E-state index contributed by atoms with van der Waals surface area (Å²) in [4.78, 5) is 0. The Balaban J connectivity index is 2.05. The van der Waals surface area contributed by atoms with Crippen molar-refractivity contribution in [1.82, 2.24) is 5.32 Å². The maximum Gasteiger partial charge on any atom is 0.0348 e. The molecule has 0 amide bonds. The summed E-state index contributed by atoms with van der Waals surface area (Å²) in [7, 11) is 0. The second-order valence-electron chi connectivity index (χ2n) is 5.78. The van der Waals surface area contributed by atoms with Crippen LogP contribution >= 0.6 is 15.9 Å². The van der Waals surface area contributed by atoms with Crippen molar-refractivity contribution in [2.45, 2.75) is 52.0 Å². The number of rotatable bonds is 5. The van der Waals surface area contributed by atoms with Crippen LogP contribution in [0.15, 0.2) is 28.7 Å². The number of hydrogen-bond acceptors (Lipinski definition) is 1. The molecule has 0 aliphatic heterocycles. The quantitative estimate of drug-likeness (QED) is 0.773. The summed E-state index contributed by atoms with van der Waals surface area (Å²) in [5, 5.41) is 3.71. The second kappa shape index (κ2) is 7.44. The van der Waals surface area contributed by atoms with Crippen LogP contribution in [0.5, 0.6) is 0 Å². The zero-order valence-corrected chi connectivity index (χ0v) is 13.7. The van der Waals surface area contributed by atoms with E-state index in [1.165, 1.54) is 42.1 Å². The Bertz CT molecular complexity index is 365. The van der Waals surface area contributed by atoms with Crippen LogP contribution in [-0.4, -0.2) is 6.54 Å². The van der Waals surface area contributed by atoms with Gasteiger partial charge < -0.3 is 5.32 Å². The SMILES string of the molecule is CCNC(c1ccc(Br)cc1)C1CCC(CC)CC1. The van der Waals surface area contributed by atoms with E-state index in [-0.39, 0.29) is 0 Å². The van der Waals surface area contributed by atoms with Crippen molar-refractivity contribution in [3.8, 4) is 0 Å². The third-order valence-electron chi connectivity index (χ3n) is 4.59. The molecule has 1 saturated carbocycles. The van der Waals surface area contributed by atoms with Crippen LogP contribution in [0.2, 0.25) is 0 Å². The maximum atomic E-state index is 3.71. The molecule has 1 unspecified atom stereocenters. The molecule has 0 radical (unpaired) electrons. The third-order valence-corrected chi connectivity index (χ3v) is 5.12. The first kappa shape index (κ1) is 15.1.